The molecule has 0 unspecified atom stereocenters. The number of ether oxygens (including phenoxy) is 3. The lowest BCUT2D eigenvalue weighted by Gasteiger charge is -2.21. The number of hydrogen-bond donors (Lipinski definition) is 0. The van der Waals surface area contributed by atoms with Crippen LogP contribution in [0.5, 0.6) is 0 Å². The van der Waals surface area contributed by atoms with E-state index in [9.17, 15) is 14.4 Å². The molecule has 0 saturated heterocycles. The Labute approximate surface area is 62.0 Å². The van der Waals surface area contributed by atoms with Gasteiger partial charge in [0.15, 0.2) is 0 Å². The predicted molar refractivity (Wildman–Crippen MR) is 29.9 cm³/mol. The fourth-order valence-corrected chi connectivity index (χ4v) is 0.346. The van der Waals surface area contributed by atoms with Crippen LogP contribution in [0.25, 0.3) is 0 Å². The van der Waals surface area contributed by atoms with Crippen LogP contribution >= 0.6 is 0 Å². The molecule has 0 rings (SSSR count). The molecule has 0 aliphatic rings. The Balaban J connectivity index is 4.09. The van der Waals surface area contributed by atoms with E-state index in [-0.39, 0.29) is 19.4 Å². The first-order chi connectivity index (χ1) is 5.18. The van der Waals surface area contributed by atoms with Gasteiger partial charge in [-0.3, -0.25) is 14.4 Å². The van der Waals surface area contributed by atoms with Crippen molar-refractivity contribution in [3.8, 4) is 0 Å². The zero-order valence-electron chi connectivity index (χ0n) is 5.68. The van der Waals surface area contributed by atoms with Crippen LogP contribution in [-0.4, -0.2) is 25.4 Å². The minimum atomic E-state index is -1.95. The predicted octanol–water partition coefficient (Wildman–Crippen LogP) is -0.821. The molecule has 0 bridgehead atoms. The third-order valence-electron chi connectivity index (χ3n) is 0.787. The largest absolute Gasteiger partial charge is 0.419 e. The smallest absolute Gasteiger partial charge is 0.391 e. The molecule has 0 atom stereocenters. The van der Waals surface area contributed by atoms with Gasteiger partial charge in [-0.25, -0.2) is 0 Å². The molecule has 0 aromatic rings. The molecular weight excluding hydrogens is 156 g/mol. The maximum absolute atomic E-state index is 9.76. The van der Waals surface area contributed by atoms with Crippen molar-refractivity contribution in [3.05, 3.63) is 0 Å². The summed E-state index contributed by atoms with van der Waals surface area (Å²) in [5.74, 6) is -1.95. The van der Waals surface area contributed by atoms with E-state index in [1.165, 1.54) is 0 Å². The van der Waals surface area contributed by atoms with E-state index < -0.39 is 5.97 Å². The van der Waals surface area contributed by atoms with Crippen molar-refractivity contribution in [2.45, 2.75) is 12.9 Å². The number of carbonyl (C=O) groups excluding carboxylic acids is 3. The minimum absolute atomic E-state index is 0.00694. The van der Waals surface area contributed by atoms with Gasteiger partial charge in [-0.2, -0.15) is 0 Å². The molecular formula is C5H6O6. The van der Waals surface area contributed by atoms with Crippen LogP contribution in [0.4, 0.5) is 0 Å². The fourth-order valence-electron chi connectivity index (χ4n) is 0.346. The molecule has 0 aliphatic heterocycles. The van der Waals surface area contributed by atoms with Crippen molar-refractivity contribution in [2.75, 3.05) is 0 Å². The van der Waals surface area contributed by atoms with Crippen LogP contribution in [0.3, 0.4) is 0 Å². The molecule has 0 radical (unpaired) electrons. The van der Waals surface area contributed by atoms with E-state index in [2.05, 4.69) is 14.2 Å². The first-order valence-corrected chi connectivity index (χ1v) is 2.53. The summed E-state index contributed by atoms with van der Waals surface area (Å²) >= 11 is 0. The lowest BCUT2D eigenvalue weighted by molar-refractivity contribution is -0.303. The summed E-state index contributed by atoms with van der Waals surface area (Å²) in [6.07, 6.45) is 0. The molecule has 6 heteroatoms. The van der Waals surface area contributed by atoms with Crippen molar-refractivity contribution in [2.24, 2.45) is 0 Å². The zero-order chi connectivity index (χ0) is 8.74. The highest BCUT2D eigenvalue weighted by Crippen LogP contribution is 2.09. The molecule has 0 N–H and O–H groups in total. The Hall–Kier alpha value is -1.59. The first kappa shape index (κ1) is 9.41. The van der Waals surface area contributed by atoms with Crippen molar-refractivity contribution in [1.29, 1.82) is 0 Å². The number of carbonyl (C=O) groups is 3. The molecule has 11 heavy (non-hydrogen) atoms. The minimum Gasteiger partial charge on any atom is -0.391 e. The van der Waals surface area contributed by atoms with Crippen LogP contribution in [0, 0.1) is 0 Å². The number of hydrogen-bond acceptors (Lipinski definition) is 6. The molecule has 0 saturated carbocycles. The van der Waals surface area contributed by atoms with Gasteiger partial charge in [0, 0.05) is 0 Å². The van der Waals surface area contributed by atoms with Gasteiger partial charge >= 0.3 is 5.97 Å². The number of rotatable bonds is 6. The van der Waals surface area contributed by atoms with Crippen molar-refractivity contribution >= 4 is 19.4 Å². The first-order valence-electron chi connectivity index (χ1n) is 2.53. The molecule has 6 nitrogen and oxygen atoms in total. The van der Waals surface area contributed by atoms with Crippen LogP contribution in [-0.2, 0) is 28.6 Å². The normalized spacial score (nSPS) is 9.55. The summed E-state index contributed by atoms with van der Waals surface area (Å²) in [4.78, 5) is 29.3. The second-order valence-corrected chi connectivity index (χ2v) is 1.50. The van der Waals surface area contributed by atoms with Gasteiger partial charge in [0.2, 0.25) is 0 Å². The van der Waals surface area contributed by atoms with Crippen LogP contribution in [0.2, 0.25) is 0 Å². The van der Waals surface area contributed by atoms with Crippen LogP contribution < -0.4 is 0 Å². The molecule has 0 aliphatic carbocycles. The van der Waals surface area contributed by atoms with Gasteiger partial charge < -0.3 is 14.2 Å². The SMILES string of the molecule is CC(OC=O)(OC=O)OC=O. The second kappa shape index (κ2) is 4.26. The summed E-state index contributed by atoms with van der Waals surface area (Å²) in [5.41, 5.74) is 0. The maximum Gasteiger partial charge on any atom is 0.419 e. The standard InChI is InChI=1S/C5H6O6/c1-5(9-2-6,10-3-7)11-4-8/h2-4H,1H3. The highest BCUT2D eigenvalue weighted by atomic mass is 16.9. The summed E-state index contributed by atoms with van der Waals surface area (Å²) in [6, 6.07) is 0. The lowest BCUT2D eigenvalue weighted by Crippen LogP contribution is -2.34. The van der Waals surface area contributed by atoms with Crippen molar-refractivity contribution < 1.29 is 28.6 Å². The summed E-state index contributed by atoms with van der Waals surface area (Å²) < 4.78 is 12.4. The molecule has 0 fully saturated rings. The van der Waals surface area contributed by atoms with Crippen LogP contribution in [0.15, 0.2) is 0 Å². The van der Waals surface area contributed by atoms with Gasteiger partial charge in [0.05, 0.1) is 6.92 Å². The van der Waals surface area contributed by atoms with Gasteiger partial charge in [-0.1, -0.05) is 0 Å². The Morgan fingerprint density at radius 1 is 0.909 bits per heavy atom. The highest BCUT2D eigenvalue weighted by Gasteiger charge is 2.29. The molecule has 0 heterocycles. The van der Waals surface area contributed by atoms with Gasteiger partial charge in [-0.05, 0) is 0 Å². The Kier molecular flexibility index (Phi) is 3.65. The van der Waals surface area contributed by atoms with E-state index in [0.29, 0.717) is 0 Å². The molecule has 0 spiro atoms. The zero-order valence-corrected chi connectivity index (χ0v) is 5.68. The topological polar surface area (TPSA) is 78.9 Å². The average molecular weight is 162 g/mol. The molecule has 62 valence electrons. The van der Waals surface area contributed by atoms with Gasteiger partial charge in [0.25, 0.3) is 19.4 Å². The lowest BCUT2D eigenvalue weighted by atomic mass is 10.6. The van der Waals surface area contributed by atoms with E-state index in [1.807, 2.05) is 0 Å². The summed E-state index contributed by atoms with van der Waals surface area (Å²) in [5, 5.41) is 0. The second-order valence-electron chi connectivity index (χ2n) is 1.50. The van der Waals surface area contributed by atoms with Crippen LogP contribution in [0.1, 0.15) is 6.92 Å². The highest BCUT2D eigenvalue weighted by molar-refractivity contribution is 5.43. The maximum atomic E-state index is 9.76. The molecule has 0 aromatic heterocycles. The van der Waals surface area contributed by atoms with E-state index in [1.54, 1.807) is 0 Å². The Morgan fingerprint density at radius 3 is 1.36 bits per heavy atom. The average Bonchev–Trinajstić information content (AvgIpc) is 1.88. The van der Waals surface area contributed by atoms with E-state index >= 15 is 0 Å². The van der Waals surface area contributed by atoms with Gasteiger partial charge in [-0.15, -0.1) is 0 Å². The third kappa shape index (κ3) is 3.19. The van der Waals surface area contributed by atoms with E-state index in [4.69, 9.17) is 0 Å². The van der Waals surface area contributed by atoms with E-state index in [0.717, 1.165) is 6.92 Å². The molecule has 0 amide bonds. The van der Waals surface area contributed by atoms with Gasteiger partial charge in [0.1, 0.15) is 0 Å². The van der Waals surface area contributed by atoms with Crippen molar-refractivity contribution in [1.82, 2.24) is 0 Å². The third-order valence-corrected chi connectivity index (χ3v) is 0.787. The Bertz CT molecular complexity index is 127. The monoisotopic (exact) mass is 162 g/mol. The quantitative estimate of drug-likeness (QED) is 0.375. The van der Waals surface area contributed by atoms with Crippen molar-refractivity contribution in [3.63, 3.8) is 0 Å². The fraction of sp³-hybridized carbons (Fsp3) is 0.400. The summed E-state index contributed by atoms with van der Waals surface area (Å²) in [6.45, 7) is 1.07. The Morgan fingerprint density at radius 2 is 1.18 bits per heavy atom. The summed E-state index contributed by atoms with van der Waals surface area (Å²) in [7, 11) is 0. The molecule has 0 aromatic carbocycles.